The largest absolute Gasteiger partial charge is 0.507 e. The lowest BCUT2D eigenvalue weighted by Gasteiger charge is -2.39. The van der Waals surface area contributed by atoms with Crippen LogP contribution in [0.2, 0.25) is 0 Å². The fourth-order valence-electron chi connectivity index (χ4n) is 9.44. The molecule has 7 rings (SSSR count). The van der Waals surface area contributed by atoms with Gasteiger partial charge in [0.2, 0.25) is 5.43 Å². The highest BCUT2D eigenvalue weighted by Gasteiger charge is 2.50. The number of amides is 1. The quantitative estimate of drug-likeness (QED) is 0.0891. The predicted octanol–water partition coefficient (Wildman–Crippen LogP) is 7.40. The number of aromatic hydroxyl groups is 2. The zero-order chi connectivity index (χ0) is 48.1. The zero-order valence-corrected chi connectivity index (χ0v) is 39.4. The molecule has 4 aliphatic heterocycles. The summed E-state index contributed by atoms with van der Waals surface area (Å²) in [4.78, 5) is 63.1. The smallest absolute Gasteiger partial charge is 0.312 e. The number of esters is 1. The molecule has 1 fully saturated rings. The van der Waals surface area contributed by atoms with Crippen LogP contribution < -0.4 is 20.2 Å². The van der Waals surface area contributed by atoms with Crippen molar-refractivity contribution in [2.75, 3.05) is 32.6 Å². The van der Waals surface area contributed by atoms with Crippen molar-refractivity contribution >= 4 is 45.2 Å². The molecule has 4 bridgehead atoms. The molecule has 1 saturated heterocycles. The normalized spacial score (nSPS) is 30.2. The molecule has 2 aromatic rings. The maximum Gasteiger partial charge on any atom is 0.312 e. The van der Waals surface area contributed by atoms with E-state index in [1.165, 1.54) is 46.3 Å². The fraction of sp³-hybridized carbons (Fsp3) is 0.500. The first-order chi connectivity index (χ1) is 31.2. The number of carbonyl (C=O) groups excluding carboxylic acids is 3. The van der Waals surface area contributed by atoms with E-state index in [1.54, 1.807) is 31.2 Å². The molecule has 1 amide bonds. The molecule has 9 atom stereocenters. The van der Waals surface area contributed by atoms with Crippen LogP contribution in [0, 0.1) is 36.5 Å². The van der Waals surface area contributed by atoms with Crippen LogP contribution in [-0.2, 0) is 23.8 Å². The number of ether oxygens (including phenoxy) is 5. The molecule has 0 unspecified atom stereocenters. The number of nitrogens with one attached hydrogen (secondary N) is 1. The van der Waals surface area contributed by atoms with Crippen molar-refractivity contribution in [3.63, 3.8) is 0 Å². The summed E-state index contributed by atoms with van der Waals surface area (Å²) < 4.78 is 36.9. The third-order valence-electron chi connectivity index (χ3n) is 13.9. The van der Waals surface area contributed by atoms with E-state index < -0.39 is 58.9 Å². The molecule has 4 heterocycles. The number of hydrogen-bond acceptors (Lipinski definition) is 15. The maximum absolute atomic E-state index is 14.8. The molecule has 0 radical (unpaired) electrons. The lowest BCUT2D eigenvalue weighted by Crippen LogP contribution is -2.43. The number of ketones is 1. The number of piperidine rings is 1. The van der Waals surface area contributed by atoms with Crippen LogP contribution in [0.15, 0.2) is 57.5 Å². The lowest BCUT2D eigenvalue weighted by molar-refractivity contribution is -0.157. The number of rotatable bonds is 4. The Morgan fingerprint density at radius 3 is 2.33 bits per heavy atom. The Kier molecular flexibility index (Phi) is 13.6. The number of aliphatic hydroxyl groups excluding tert-OH is 1. The van der Waals surface area contributed by atoms with E-state index in [9.17, 15) is 34.5 Å². The van der Waals surface area contributed by atoms with E-state index in [-0.39, 0.29) is 97.0 Å². The molecule has 16 nitrogen and oxygen atoms in total. The highest BCUT2D eigenvalue weighted by atomic mass is 16.7. The Morgan fingerprint density at radius 1 is 0.970 bits per heavy atom. The second kappa shape index (κ2) is 18.7. The summed E-state index contributed by atoms with van der Waals surface area (Å²) in [5, 5.41) is 37.0. The Bertz CT molecular complexity index is 2680. The van der Waals surface area contributed by atoms with Gasteiger partial charge >= 0.3 is 11.8 Å². The standard InChI is InChI=1S/C50H61N3O13/c1-23-13-12-14-24(2)49(60)52-41-44(58)37-36(40-47(41)65-35-22-32(21-33(55)39(35)51-40)64-31-15-18-53(10)19-16-31)38-46(29(7)43(37)57)66-50(9,48(38)59)62-20-17-34(61-11)28(6)45(63-30(8)54)27(5)25(3)26(4)42(23)56/h12-14,17,20-23,25-28,31,34,42,45,55-57H,15-16,18-19H2,1-11H3,(H,52,60)/b13-12+,20-17+,24-14-/t23-,25+,26-,27+,28+,34-,42-,45-,50-/m0/s1. The number of carbonyl (C=O) groups is 3. The van der Waals surface area contributed by atoms with Crippen molar-refractivity contribution in [2.24, 2.45) is 29.6 Å². The van der Waals surface area contributed by atoms with Gasteiger partial charge in [-0.05, 0) is 57.6 Å². The van der Waals surface area contributed by atoms with Gasteiger partial charge in [0, 0.05) is 74.5 Å². The van der Waals surface area contributed by atoms with Crippen molar-refractivity contribution in [2.45, 2.75) is 105 Å². The molecule has 0 aromatic heterocycles. The van der Waals surface area contributed by atoms with E-state index in [1.807, 2.05) is 41.7 Å². The van der Waals surface area contributed by atoms with E-state index in [2.05, 4.69) is 10.2 Å². The maximum atomic E-state index is 14.8. The molecule has 354 valence electrons. The van der Waals surface area contributed by atoms with Gasteiger partial charge in [-0.2, -0.15) is 0 Å². The Balaban J connectivity index is 1.43. The fourth-order valence-corrected chi connectivity index (χ4v) is 9.44. The van der Waals surface area contributed by atoms with Crippen molar-refractivity contribution in [3.8, 4) is 34.5 Å². The van der Waals surface area contributed by atoms with Gasteiger partial charge in [-0.15, -0.1) is 0 Å². The molecule has 2 aromatic carbocycles. The number of likely N-dealkylation sites (tertiary alicyclic amines) is 1. The topological polar surface area (TPSA) is 216 Å². The minimum absolute atomic E-state index is 0.0141. The molecule has 4 N–H and O–H groups in total. The molecule has 0 saturated carbocycles. The molecular weight excluding hydrogens is 851 g/mol. The van der Waals surface area contributed by atoms with Crippen LogP contribution in [0.5, 0.6) is 23.0 Å². The number of aromatic nitrogens is 1. The number of phenolic OH excluding ortho intramolecular Hbond substituents is 2. The van der Waals surface area contributed by atoms with E-state index in [0.29, 0.717) is 5.75 Å². The first-order valence-electron chi connectivity index (χ1n) is 22.5. The van der Waals surface area contributed by atoms with E-state index in [0.717, 1.165) is 25.9 Å². The summed E-state index contributed by atoms with van der Waals surface area (Å²) in [6, 6.07) is 2.95. The number of anilines is 1. The summed E-state index contributed by atoms with van der Waals surface area (Å²) in [7, 11) is 3.53. The summed E-state index contributed by atoms with van der Waals surface area (Å²) in [5.74, 6) is -6.37. The average molecular weight is 912 g/mol. The molecule has 0 spiro atoms. The SMILES string of the molecule is CO[C@H]1/C=C/O[C@@]2(C)Oc3c(C)c(O)c4c(=O)c(c5oc6cc(OC7CCN(C)CC7)cc(O)c6nc-5c4c3C2=O)NC(=O)/C(C)=C\C=C\[C@H](C)[C@H](O)[C@@H](C)[C@@H](C)[C@@H](C)[C@H](OC(C)=O)[C@@H]1C. The number of Topliss-reactive ketones (excluding diaryl/α,β-unsaturated/α-hetero) is 1. The van der Waals surface area contributed by atoms with Gasteiger partial charge in [0.15, 0.2) is 11.3 Å². The molecular formula is C50H61N3O13. The zero-order valence-electron chi connectivity index (χ0n) is 39.4. The van der Waals surface area contributed by atoms with Crippen molar-refractivity contribution < 1.29 is 57.8 Å². The number of phenols is 2. The average Bonchev–Trinajstić information content (AvgIpc) is 3.54. The third kappa shape index (κ3) is 8.85. The third-order valence-corrected chi connectivity index (χ3v) is 13.9. The van der Waals surface area contributed by atoms with Crippen molar-refractivity contribution in [3.05, 3.63) is 69.6 Å². The first-order valence-corrected chi connectivity index (χ1v) is 22.5. The van der Waals surface area contributed by atoms with Crippen LogP contribution in [0.4, 0.5) is 5.69 Å². The van der Waals surface area contributed by atoms with Gasteiger partial charge in [-0.1, -0.05) is 52.8 Å². The number of nitrogens with zero attached hydrogens (tertiary/aromatic N) is 2. The van der Waals surface area contributed by atoms with Gasteiger partial charge in [0.25, 0.3) is 11.7 Å². The Morgan fingerprint density at radius 2 is 1.67 bits per heavy atom. The number of benzene rings is 3. The second-order valence-corrected chi connectivity index (χ2v) is 18.5. The summed E-state index contributed by atoms with van der Waals surface area (Å²) in [6.45, 7) is 17.0. The van der Waals surface area contributed by atoms with Crippen LogP contribution in [0.1, 0.15) is 84.2 Å². The number of methoxy groups -OCH3 is 1. The number of hydrogen-bond donors (Lipinski definition) is 4. The van der Waals surface area contributed by atoms with Gasteiger partial charge in [0.05, 0.1) is 29.4 Å². The van der Waals surface area contributed by atoms with Crippen LogP contribution in [-0.4, -0.2) is 100 Å². The van der Waals surface area contributed by atoms with Crippen molar-refractivity contribution in [1.29, 1.82) is 0 Å². The molecule has 5 aliphatic rings. The Hall–Kier alpha value is -5.97. The summed E-state index contributed by atoms with van der Waals surface area (Å²) in [6.07, 6.45) is 6.97. The van der Waals surface area contributed by atoms with Gasteiger partial charge in [0.1, 0.15) is 52.1 Å². The Labute approximate surface area is 383 Å². The molecule has 1 aliphatic carbocycles. The van der Waals surface area contributed by atoms with Gasteiger partial charge in [-0.25, -0.2) is 4.98 Å². The van der Waals surface area contributed by atoms with E-state index >= 15 is 0 Å². The predicted molar refractivity (Wildman–Crippen MR) is 247 cm³/mol. The van der Waals surface area contributed by atoms with Gasteiger partial charge in [-0.3, -0.25) is 19.2 Å². The van der Waals surface area contributed by atoms with E-state index in [4.69, 9.17) is 33.1 Å². The summed E-state index contributed by atoms with van der Waals surface area (Å²) in [5.41, 5.74) is -1.36. The number of fused-ring (bicyclic) bond motifs is 2. The first kappa shape index (κ1) is 48.0. The minimum Gasteiger partial charge on any atom is -0.507 e. The van der Waals surface area contributed by atoms with Gasteiger partial charge < -0.3 is 53.6 Å². The minimum atomic E-state index is -2.05. The monoisotopic (exact) mass is 911 g/mol. The lowest BCUT2D eigenvalue weighted by atomic mass is 9.73. The van der Waals surface area contributed by atoms with Crippen LogP contribution >= 0.6 is 0 Å². The molecule has 16 heteroatoms. The molecule has 66 heavy (non-hydrogen) atoms. The number of aliphatic hydroxyl groups is 1. The van der Waals surface area contributed by atoms with Crippen LogP contribution in [0.3, 0.4) is 0 Å². The second-order valence-electron chi connectivity index (χ2n) is 18.5. The van der Waals surface area contributed by atoms with Crippen molar-refractivity contribution in [1.82, 2.24) is 9.88 Å². The summed E-state index contributed by atoms with van der Waals surface area (Å²) >= 11 is 0. The highest BCUT2D eigenvalue weighted by Crippen LogP contribution is 2.51. The number of allylic oxidation sites excluding steroid dienone is 2. The highest BCUT2D eigenvalue weighted by molar-refractivity contribution is 6.22. The van der Waals surface area contributed by atoms with Crippen LogP contribution in [0.25, 0.3) is 33.3 Å².